The maximum absolute atomic E-state index is 11.7. The molecule has 0 aliphatic rings. The van der Waals surface area contributed by atoms with Crippen LogP contribution in [0.4, 0.5) is 5.69 Å². The molecule has 0 bridgehead atoms. The maximum Gasteiger partial charge on any atom is 0.309 e. The second kappa shape index (κ2) is 8.12. The molecule has 1 aromatic carbocycles. The van der Waals surface area contributed by atoms with Crippen molar-refractivity contribution < 1.29 is 14.3 Å². The van der Waals surface area contributed by atoms with Crippen molar-refractivity contribution in [3.05, 3.63) is 28.2 Å². The molecule has 4 nitrogen and oxygen atoms in total. The van der Waals surface area contributed by atoms with Crippen LogP contribution in [0.1, 0.15) is 26.7 Å². The number of anilines is 1. The predicted molar refractivity (Wildman–Crippen MR) is 80.1 cm³/mol. The van der Waals surface area contributed by atoms with E-state index in [0.717, 1.165) is 0 Å². The first-order valence-corrected chi connectivity index (χ1v) is 7.14. The molecular formula is C14H17Cl2NO3. The fourth-order valence-electron chi connectivity index (χ4n) is 1.70. The Kier molecular flexibility index (Phi) is 6.82. The summed E-state index contributed by atoms with van der Waals surface area (Å²) in [6.45, 7) is 3.49. The van der Waals surface area contributed by atoms with Crippen molar-refractivity contribution >= 4 is 40.8 Å². The molecule has 0 unspecified atom stereocenters. The van der Waals surface area contributed by atoms with Crippen molar-refractivity contribution in [2.75, 3.05) is 11.9 Å². The van der Waals surface area contributed by atoms with Crippen LogP contribution in [0.5, 0.6) is 0 Å². The molecule has 0 fully saturated rings. The number of nitrogens with one attached hydrogen (secondary N) is 1. The molecule has 1 rings (SSSR count). The van der Waals surface area contributed by atoms with Crippen LogP contribution in [0.15, 0.2) is 18.2 Å². The standard InChI is InChI=1S/C14H17Cl2NO3/c1-3-9(4-2)14(19)20-8-13(18)17-12-6-10(15)5-11(16)7-12/h5-7,9H,3-4,8H2,1-2H3,(H,17,18). The molecule has 1 amide bonds. The Balaban J connectivity index is 2.50. The average Bonchev–Trinajstić information content (AvgIpc) is 2.36. The van der Waals surface area contributed by atoms with E-state index in [4.69, 9.17) is 27.9 Å². The Bertz CT molecular complexity index is 467. The minimum atomic E-state index is -0.428. The molecule has 0 aromatic heterocycles. The number of benzene rings is 1. The van der Waals surface area contributed by atoms with Gasteiger partial charge in [0.25, 0.3) is 5.91 Å². The van der Waals surface area contributed by atoms with Gasteiger partial charge in [0, 0.05) is 15.7 Å². The predicted octanol–water partition coefficient (Wildman–Crippen LogP) is 3.91. The highest BCUT2D eigenvalue weighted by atomic mass is 35.5. The summed E-state index contributed by atoms with van der Waals surface area (Å²) in [6, 6.07) is 4.69. The van der Waals surface area contributed by atoms with Crippen LogP contribution in [0, 0.1) is 5.92 Å². The van der Waals surface area contributed by atoms with Crippen LogP contribution in [-0.2, 0) is 14.3 Å². The van der Waals surface area contributed by atoms with Gasteiger partial charge in [0.05, 0.1) is 5.92 Å². The molecule has 0 aliphatic carbocycles. The second-order valence-electron chi connectivity index (χ2n) is 4.33. The summed E-state index contributed by atoms with van der Waals surface area (Å²) in [4.78, 5) is 23.3. The first kappa shape index (κ1) is 16.8. The van der Waals surface area contributed by atoms with E-state index in [-0.39, 0.29) is 18.5 Å². The van der Waals surface area contributed by atoms with Crippen LogP contribution in [-0.4, -0.2) is 18.5 Å². The van der Waals surface area contributed by atoms with Crippen LogP contribution in [0.3, 0.4) is 0 Å². The van der Waals surface area contributed by atoms with Gasteiger partial charge in [-0.15, -0.1) is 0 Å². The third kappa shape index (κ3) is 5.39. The van der Waals surface area contributed by atoms with Crippen LogP contribution >= 0.6 is 23.2 Å². The quantitative estimate of drug-likeness (QED) is 0.809. The van der Waals surface area contributed by atoms with Crippen LogP contribution < -0.4 is 5.32 Å². The van der Waals surface area contributed by atoms with Gasteiger partial charge < -0.3 is 10.1 Å². The van der Waals surface area contributed by atoms with Gasteiger partial charge in [0.2, 0.25) is 0 Å². The summed E-state index contributed by atoms with van der Waals surface area (Å²) in [5.41, 5.74) is 0.464. The van der Waals surface area contributed by atoms with Crippen molar-refractivity contribution in [3.63, 3.8) is 0 Å². The molecule has 0 radical (unpaired) electrons. The first-order valence-electron chi connectivity index (χ1n) is 6.38. The van der Waals surface area contributed by atoms with Crippen molar-refractivity contribution in [1.82, 2.24) is 0 Å². The lowest BCUT2D eigenvalue weighted by molar-refractivity contribution is -0.151. The average molecular weight is 318 g/mol. The van der Waals surface area contributed by atoms with E-state index in [2.05, 4.69) is 5.32 Å². The van der Waals surface area contributed by atoms with Gasteiger partial charge in [-0.2, -0.15) is 0 Å². The third-order valence-electron chi connectivity index (χ3n) is 2.81. The maximum atomic E-state index is 11.7. The lowest BCUT2D eigenvalue weighted by atomic mass is 10.0. The normalized spacial score (nSPS) is 10.4. The molecule has 0 atom stereocenters. The highest BCUT2D eigenvalue weighted by Crippen LogP contribution is 2.22. The number of halogens is 2. The Labute approximate surface area is 128 Å². The molecule has 0 spiro atoms. The number of amides is 1. The number of ether oxygens (including phenoxy) is 1. The lowest BCUT2D eigenvalue weighted by Crippen LogP contribution is -2.24. The zero-order valence-electron chi connectivity index (χ0n) is 11.4. The van der Waals surface area contributed by atoms with Gasteiger partial charge in [0.15, 0.2) is 6.61 Å². The van der Waals surface area contributed by atoms with Gasteiger partial charge in [-0.05, 0) is 31.0 Å². The van der Waals surface area contributed by atoms with E-state index in [9.17, 15) is 9.59 Å². The molecule has 20 heavy (non-hydrogen) atoms. The lowest BCUT2D eigenvalue weighted by Gasteiger charge is -2.12. The SMILES string of the molecule is CCC(CC)C(=O)OCC(=O)Nc1cc(Cl)cc(Cl)c1. The Morgan fingerprint density at radius 3 is 2.20 bits per heavy atom. The van der Waals surface area contributed by atoms with Crippen molar-refractivity contribution in [2.24, 2.45) is 5.92 Å². The number of hydrogen-bond acceptors (Lipinski definition) is 3. The molecule has 110 valence electrons. The van der Waals surface area contributed by atoms with Crippen molar-refractivity contribution in [1.29, 1.82) is 0 Å². The molecule has 0 saturated carbocycles. The number of rotatable bonds is 6. The van der Waals surface area contributed by atoms with E-state index in [1.807, 2.05) is 13.8 Å². The molecular weight excluding hydrogens is 301 g/mol. The molecule has 0 heterocycles. The molecule has 1 aromatic rings. The zero-order chi connectivity index (χ0) is 15.1. The number of esters is 1. The summed E-state index contributed by atoms with van der Waals surface area (Å²) in [5, 5.41) is 3.41. The van der Waals surface area contributed by atoms with E-state index < -0.39 is 5.91 Å². The molecule has 0 aliphatic heterocycles. The first-order chi connectivity index (χ1) is 9.46. The van der Waals surface area contributed by atoms with E-state index >= 15 is 0 Å². The Hall–Kier alpha value is -1.26. The van der Waals surface area contributed by atoms with E-state index in [0.29, 0.717) is 28.6 Å². The van der Waals surface area contributed by atoms with Gasteiger partial charge in [-0.3, -0.25) is 9.59 Å². The van der Waals surface area contributed by atoms with E-state index in [1.54, 1.807) is 18.2 Å². The van der Waals surface area contributed by atoms with Crippen LogP contribution in [0.25, 0.3) is 0 Å². The summed E-state index contributed by atoms with van der Waals surface area (Å²) >= 11 is 11.6. The van der Waals surface area contributed by atoms with Gasteiger partial charge in [-0.1, -0.05) is 37.0 Å². The monoisotopic (exact) mass is 317 g/mol. The molecule has 0 saturated heterocycles. The minimum Gasteiger partial charge on any atom is -0.455 e. The fourth-order valence-corrected chi connectivity index (χ4v) is 2.23. The Morgan fingerprint density at radius 2 is 1.70 bits per heavy atom. The largest absolute Gasteiger partial charge is 0.455 e. The van der Waals surface area contributed by atoms with Crippen molar-refractivity contribution in [3.8, 4) is 0 Å². The van der Waals surface area contributed by atoms with E-state index in [1.165, 1.54) is 0 Å². The van der Waals surface area contributed by atoms with Gasteiger partial charge >= 0.3 is 5.97 Å². The second-order valence-corrected chi connectivity index (χ2v) is 5.20. The van der Waals surface area contributed by atoms with Crippen molar-refractivity contribution in [2.45, 2.75) is 26.7 Å². The summed E-state index contributed by atoms with van der Waals surface area (Å²) in [6.07, 6.45) is 1.39. The fraction of sp³-hybridized carbons (Fsp3) is 0.429. The highest BCUT2D eigenvalue weighted by molar-refractivity contribution is 6.35. The third-order valence-corrected chi connectivity index (χ3v) is 3.25. The summed E-state index contributed by atoms with van der Waals surface area (Å²) < 4.78 is 4.96. The molecule has 6 heteroatoms. The summed E-state index contributed by atoms with van der Waals surface area (Å²) in [5.74, 6) is -0.944. The van der Waals surface area contributed by atoms with Gasteiger partial charge in [0.1, 0.15) is 0 Å². The minimum absolute atomic E-state index is 0.164. The molecule has 1 N–H and O–H groups in total. The number of carbonyl (C=O) groups is 2. The number of carbonyl (C=O) groups excluding carboxylic acids is 2. The highest BCUT2D eigenvalue weighted by Gasteiger charge is 2.17. The zero-order valence-corrected chi connectivity index (χ0v) is 12.9. The van der Waals surface area contributed by atoms with Gasteiger partial charge in [-0.25, -0.2) is 0 Å². The summed E-state index contributed by atoms with van der Waals surface area (Å²) in [7, 11) is 0. The number of hydrogen-bond donors (Lipinski definition) is 1. The topological polar surface area (TPSA) is 55.4 Å². The Morgan fingerprint density at radius 1 is 1.15 bits per heavy atom. The van der Waals surface area contributed by atoms with Crippen LogP contribution in [0.2, 0.25) is 10.0 Å². The smallest absolute Gasteiger partial charge is 0.309 e.